The Morgan fingerprint density at radius 1 is 1.57 bits per heavy atom. The molecule has 2 unspecified atom stereocenters. The molecule has 4 nitrogen and oxygen atoms in total. The molecule has 3 heterocycles. The van der Waals surface area contributed by atoms with Crippen molar-refractivity contribution in [3.8, 4) is 0 Å². The van der Waals surface area contributed by atoms with Crippen molar-refractivity contribution in [3.63, 3.8) is 0 Å². The predicted octanol–water partition coefficient (Wildman–Crippen LogP) is 2.71. The number of hydrogen-bond donors (Lipinski definition) is 3. The first-order valence-electron chi connectivity index (χ1n) is 7.48. The molecule has 0 saturated carbocycles. The third-order valence-electron chi connectivity index (χ3n) is 3.99. The molecule has 6 heteroatoms. The van der Waals surface area contributed by atoms with Gasteiger partial charge in [-0.1, -0.05) is 25.4 Å². The summed E-state index contributed by atoms with van der Waals surface area (Å²) in [5, 5.41) is 3.40. The lowest BCUT2D eigenvalue weighted by Crippen LogP contribution is -2.51. The lowest BCUT2D eigenvalue weighted by atomic mass is 9.82. The number of piperidine rings is 1. The van der Waals surface area contributed by atoms with Crippen molar-refractivity contribution >= 4 is 22.9 Å². The van der Waals surface area contributed by atoms with Gasteiger partial charge in [0.15, 0.2) is 0 Å². The lowest BCUT2D eigenvalue weighted by molar-refractivity contribution is -0.0836. The molecule has 118 valence electrons. The number of ether oxygens (including phenoxy) is 1. The van der Waals surface area contributed by atoms with Crippen molar-refractivity contribution in [1.29, 1.82) is 0 Å². The van der Waals surface area contributed by atoms with E-state index in [1.54, 1.807) is 11.3 Å². The summed E-state index contributed by atoms with van der Waals surface area (Å²) in [5.74, 6) is 0. The van der Waals surface area contributed by atoms with E-state index in [4.69, 9.17) is 27.8 Å². The highest BCUT2D eigenvalue weighted by Gasteiger charge is 2.44. The number of hydrogen-bond acceptors (Lipinski definition) is 5. The van der Waals surface area contributed by atoms with Gasteiger partial charge in [-0.25, -0.2) is 0 Å². The average molecular weight is 330 g/mol. The summed E-state index contributed by atoms with van der Waals surface area (Å²) in [5.41, 5.74) is 13.3. The molecule has 21 heavy (non-hydrogen) atoms. The van der Waals surface area contributed by atoms with Crippen LogP contribution in [0.2, 0.25) is 4.34 Å². The lowest BCUT2D eigenvalue weighted by Gasteiger charge is -2.43. The highest BCUT2D eigenvalue weighted by Crippen LogP contribution is 2.46. The van der Waals surface area contributed by atoms with E-state index in [-0.39, 0.29) is 11.6 Å². The Kier molecular flexibility index (Phi) is 5.54. The standard InChI is InChI=1S/C13H18ClN3OS.C2H6/c14-11-5-8-1-4-18-13(12(8)19-11)2-3-17-10(6-13)9(16)7-15;1-2/h5,7,10,17H,1-4,6,15-16H2;1-2H3/b9-7-;. The van der Waals surface area contributed by atoms with E-state index in [0.717, 1.165) is 36.8 Å². The topological polar surface area (TPSA) is 73.3 Å². The van der Waals surface area contributed by atoms with Crippen LogP contribution in [0, 0.1) is 0 Å². The third-order valence-corrected chi connectivity index (χ3v) is 5.48. The Hall–Kier alpha value is -0.750. The summed E-state index contributed by atoms with van der Waals surface area (Å²) in [4.78, 5) is 1.28. The molecule has 0 aromatic carbocycles. The second-order valence-electron chi connectivity index (χ2n) is 5.13. The predicted molar refractivity (Wildman–Crippen MR) is 89.5 cm³/mol. The second kappa shape index (κ2) is 7.01. The Morgan fingerprint density at radius 3 is 3.05 bits per heavy atom. The summed E-state index contributed by atoms with van der Waals surface area (Å²) in [7, 11) is 0. The minimum Gasteiger partial charge on any atom is -0.403 e. The summed E-state index contributed by atoms with van der Waals surface area (Å²) in [6.07, 6.45) is 4.18. The molecule has 0 bridgehead atoms. The van der Waals surface area contributed by atoms with Crippen LogP contribution in [0.4, 0.5) is 0 Å². The zero-order valence-corrected chi connectivity index (χ0v) is 14.2. The molecule has 1 aromatic rings. The van der Waals surface area contributed by atoms with E-state index >= 15 is 0 Å². The molecular formula is C15H24ClN3OS. The van der Waals surface area contributed by atoms with Crippen molar-refractivity contribution in [1.82, 2.24) is 5.32 Å². The molecule has 3 rings (SSSR count). The number of thiophene rings is 1. The Balaban J connectivity index is 0.000000774. The molecule has 2 aliphatic heterocycles. The van der Waals surface area contributed by atoms with Gasteiger partial charge in [-0.05, 0) is 31.0 Å². The molecule has 2 atom stereocenters. The largest absolute Gasteiger partial charge is 0.403 e. The van der Waals surface area contributed by atoms with Gasteiger partial charge in [0.05, 0.1) is 17.0 Å². The third kappa shape index (κ3) is 3.21. The van der Waals surface area contributed by atoms with E-state index in [1.807, 2.05) is 13.8 Å². The monoisotopic (exact) mass is 329 g/mol. The molecule has 1 spiro atoms. The Morgan fingerprint density at radius 2 is 2.33 bits per heavy atom. The van der Waals surface area contributed by atoms with Crippen LogP contribution in [0.5, 0.6) is 0 Å². The van der Waals surface area contributed by atoms with Gasteiger partial charge in [0, 0.05) is 23.2 Å². The van der Waals surface area contributed by atoms with Gasteiger partial charge in [0.25, 0.3) is 0 Å². The van der Waals surface area contributed by atoms with Crippen LogP contribution >= 0.6 is 22.9 Å². The fourth-order valence-corrected chi connectivity index (χ4v) is 4.51. The fourth-order valence-electron chi connectivity index (χ4n) is 3.03. The van der Waals surface area contributed by atoms with Crippen molar-refractivity contribution in [2.45, 2.75) is 44.8 Å². The summed E-state index contributed by atoms with van der Waals surface area (Å²) in [6, 6.07) is 2.15. The fraction of sp³-hybridized carbons (Fsp3) is 0.600. The van der Waals surface area contributed by atoms with Crippen LogP contribution in [0.15, 0.2) is 18.0 Å². The van der Waals surface area contributed by atoms with Gasteiger partial charge in [-0.15, -0.1) is 11.3 Å². The Labute approximate surface area is 135 Å². The summed E-state index contributed by atoms with van der Waals surface area (Å²) in [6.45, 7) is 5.62. The van der Waals surface area contributed by atoms with Crippen molar-refractivity contribution in [2.24, 2.45) is 11.5 Å². The first kappa shape index (κ1) is 16.6. The van der Waals surface area contributed by atoms with Crippen LogP contribution in [0.1, 0.15) is 37.1 Å². The highest BCUT2D eigenvalue weighted by atomic mass is 35.5. The highest BCUT2D eigenvalue weighted by molar-refractivity contribution is 7.16. The maximum Gasteiger partial charge on any atom is 0.106 e. The number of halogens is 1. The number of rotatable bonds is 1. The minimum atomic E-state index is -0.241. The second-order valence-corrected chi connectivity index (χ2v) is 6.81. The average Bonchev–Trinajstić information content (AvgIpc) is 2.91. The Bertz CT molecular complexity index is 517. The normalized spacial score (nSPS) is 28.7. The van der Waals surface area contributed by atoms with Crippen LogP contribution < -0.4 is 16.8 Å². The summed E-state index contributed by atoms with van der Waals surface area (Å²) < 4.78 is 7.00. The van der Waals surface area contributed by atoms with Gasteiger partial charge in [-0.3, -0.25) is 0 Å². The smallest absolute Gasteiger partial charge is 0.106 e. The molecule has 0 radical (unpaired) electrons. The number of nitrogens with two attached hydrogens (primary N) is 2. The molecule has 5 N–H and O–H groups in total. The zero-order chi connectivity index (χ0) is 15.5. The van der Waals surface area contributed by atoms with Crippen LogP contribution in [-0.4, -0.2) is 19.2 Å². The zero-order valence-electron chi connectivity index (χ0n) is 12.6. The summed E-state index contributed by atoms with van der Waals surface area (Å²) >= 11 is 7.81. The van der Waals surface area contributed by atoms with Gasteiger partial charge < -0.3 is 21.5 Å². The van der Waals surface area contributed by atoms with E-state index in [0.29, 0.717) is 5.70 Å². The minimum absolute atomic E-state index is 0.0746. The van der Waals surface area contributed by atoms with Crippen molar-refractivity contribution < 1.29 is 4.74 Å². The van der Waals surface area contributed by atoms with Crippen LogP contribution in [0.3, 0.4) is 0 Å². The van der Waals surface area contributed by atoms with E-state index in [2.05, 4.69) is 11.4 Å². The number of fused-ring (bicyclic) bond motifs is 2. The maximum atomic E-state index is 6.17. The molecule has 2 aliphatic rings. The SMILES string of the molecule is CC.N/C=C(\N)C1CC2(CCN1)OCCc1cc(Cl)sc12. The van der Waals surface area contributed by atoms with Gasteiger partial charge in [0.1, 0.15) is 5.60 Å². The van der Waals surface area contributed by atoms with Crippen LogP contribution in [0.25, 0.3) is 0 Å². The maximum absolute atomic E-state index is 6.17. The molecular weight excluding hydrogens is 306 g/mol. The van der Waals surface area contributed by atoms with E-state index in [1.165, 1.54) is 16.6 Å². The van der Waals surface area contributed by atoms with E-state index < -0.39 is 0 Å². The first-order chi connectivity index (χ1) is 10.1. The molecule has 1 aromatic heterocycles. The van der Waals surface area contributed by atoms with Gasteiger partial charge >= 0.3 is 0 Å². The van der Waals surface area contributed by atoms with Gasteiger partial charge in [-0.2, -0.15) is 0 Å². The van der Waals surface area contributed by atoms with E-state index in [9.17, 15) is 0 Å². The number of nitrogens with one attached hydrogen (secondary N) is 1. The first-order valence-corrected chi connectivity index (χ1v) is 8.67. The van der Waals surface area contributed by atoms with Crippen molar-refractivity contribution in [3.05, 3.63) is 32.7 Å². The van der Waals surface area contributed by atoms with Crippen molar-refractivity contribution in [2.75, 3.05) is 13.2 Å². The molecule has 1 saturated heterocycles. The van der Waals surface area contributed by atoms with Gasteiger partial charge in [0.2, 0.25) is 0 Å². The molecule has 0 aliphatic carbocycles. The molecule has 0 amide bonds. The quantitative estimate of drug-likeness (QED) is 0.740. The molecule has 1 fully saturated rings. The van der Waals surface area contributed by atoms with Crippen LogP contribution in [-0.2, 0) is 16.8 Å².